The van der Waals surface area contributed by atoms with Crippen LogP contribution in [-0.4, -0.2) is 33.0 Å². The molecule has 0 saturated heterocycles. The van der Waals surface area contributed by atoms with E-state index in [0.29, 0.717) is 23.0 Å². The molecule has 0 unspecified atom stereocenters. The highest BCUT2D eigenvalue weighted by Crippen LogP contribution is 2.23. The molecule has 1 aromatic carbocycles. The Morgan fingerprint density at radius 2 is 2.33 bits per heavy atom. The lowest BCUT2D eigenvalue weighted by atomic mass is 10.2. The Kier molecular flexibility index (Phi) is 3.98. The minimum atomic E-state index is -0.124. The second-order valence-electron chi connectivity index (χ2n) is 3.72. The van der Waals surface area contributed by atoms with Crippen molar-refractivity contribution in [3.63, 3.8) is 0 Å². The molecule has 1 aromatic heterocycles. The summed E-state index contributed by atoms with van der Waals surface area (Å²) in [5.41, 5.74) is 0.533. The van der Waals surface area contributed by atoms with Crippen LogP contribution in [0.2, 0.25) is 5.02 Å². The molecule has 0 radical (unpaired) electrons. The van der Waals surface area contributed by atoms with Crippen molar-refractivity contribution in [1.82, 2.24) is 20.1 Å². The van der Waals surface area contributed by atoms with E-state index in [-0.39, 0.29) is 5.91 Å². The summed E-state index contributed by atoms with van der Waals surface area (Å²) < 4.78 is 0.763. The van der Waals surface area contributed by atoms with Gasteiger partial charge in [-0.05, 0) is 34.1 Å². The lowest BCUT2D eigenvalue weighted by molar-refractivity contribution is 0.0781. The second-order valence-corrected chi connectivity index (χ2v) is 4.98. The van der Waals surface area contributed by atoms with Crippen molar-refractivity contribution < 1.29 is 4.79 Å². The van der Waals surface area contributed by atoms with Crippen LogP contribution in [0.5, 0.6) is 0 Å². The minimum Gasteiger partial charge on any atom is -0.334 e. The number of aromatic amines is 1. The van der Waals surface area contributed by atoms with E-state index >= 15 is 0 Å². The number of hydrogen-bond donors (Lipinski definition) is 1. The third-order valence-corrected chi connectivity index (χ3v) is 3.60. The molecular weight excluding hydrogens is 320 g/mol. The molecule has 7 heteroatoms. The van der Waals surface area contributed by atoms with Gasteiger partial charge < -0.3 is 4.90 Å². The summed E-state index contributed by atoms with van der Waals surface area (Å²) in [6, 6.07) is 5.10. The summed E-state index contributed by atoms with van der Waals surface area (Å²) in [6.45, 7) is 0.368. The summed E-state index contributed by atoms with van der Waals surface area (Å²) in [4.78, 5) is 17.6. The standard InChI is InChI=1S/C11H10BrClN4O/c1-17(5-10-14-6-15-16-10)11(18)7-2-3-8(12)9(13)4-7/h2-4,6H,5H2,1H3,(H,14,15,16). The van der Waals surface area contributed by atoms with Gasteiger partial charge in [-0.15, -0.1) is 0 Å². The molecule has 1 amide bonds. The molecule has 0 spiro atoms. The second kappa shape index (κ2) is 5.49. The van der Waals surface area contributed by atoms with Gasteiger partial charge in [-0.3, -0.25) is 9.89 Å². The van der Waals surface area contributed by atoms with Crippen LogP contribution in [0, 0.1) is 0 Å². The number of carbonyl (C=O) groups is 1. The van der Waals surface area contributed by atoms with Gasteiger partial charge in [0, 0.05) is 17.1 Å². The van der Waals surface area contributed by atoms with Crippen molar-refractivity contribution in [2.45, 2.75) is 6.54 Å². The average Bonchev–Trinajstić information content (AvgIpc) is 2.84. The quantitative estimate of drug-likeness (QED) is 0.941. The summed E-state index contributed by atoms with van der Waals surface area (Å²) in [6.07, 6.45) is 1.41. The number of halogens is 2. The SMILES string of the molecule is CN(Cc1ncn[nH]1)C(=O)c1ccc(Br)c(Cl)c1. The molecule has 2 rings (SSSR count). The fraction of sp³-hybridized carbons (Fsp3) is 0.182. The number of nitrogens with one attached hydrogen (secondary N) is 1. The van der Waals surface area contributed by atoms with E-state index < -0.39 is 0 Å². The fourth-order valence-corrected chi connectivity index (χ4v) is 1.88. The Hall–Kier alpha value is -1.40. The fourth-order valence-electron chi connectivity index (χ4n) is 1.45. The molecule has 5 nitrogen and oxygen atoms in total. The molecule has 0 fully saturated rings. The maximum absolute atomic E-state index is 12.1. The maximum atomic E-state index is 12.1. The first-order valence-corrected chi connectivity index (χ1v) is 6.30. The van der Waals surface area contributed by atoms with Gasteiger partial charge >= 0.3 is 0 Å². The van der Waals surface area contributed by atoms with Crippen LogP contribution in [0.15, 0.2) is 29.0 Å². The Morgan fingerprint density at radius 1 is 1.56 bits per heavy atom. The number of carbonyl (C=O) groups excluding carboxylic acids is 1. The van der Waals surface area contributed by atoms with Crippen molar-refractivity contribution in [1.29, 1.82) is 0 Å². The number of benzene rings is 1. The van der Waals surface area contributed by atoms with Gasteiger partial charge in [0.1, 0.15) is 12.2 Å². The molecule has 0 aliphatic heterocycles. The molecule has 0 bridgehead atoms. The van der Waals surface area contributed by atoms with Gasteiger partial charge in [0.25, 0.3) is 5.91 Å². The van der Waals surface area contributed by atoms with Crippen LogP contribution in [0.3, 0.4) is 0 Å². The average molecular weight is 330 g/mol. The van der Waals surface area contributed by atoms with Gasteiger partial charge in [0.15, 0.2) is 0 Å². The zero-order valence-corrected chi connectivity index (χ0v) is 11.9. The van der Waals surface area contributed by atoms with E-state index in [9.17, 15) is 4.79 Å². The van der Waals surface area contributed by atoms with Crippen molar-refractivity contribution in [3.8, 4) is 0 Å². The molecule has 1 N–H and O–H groups in total. The largest absolute Gasteiger partial charge is 0.334 e. The lowest BCUT2D eigenvalue weighted by Crippen LogP contribution is -2.26. The number of H-pyrrole nitrogens is 1. The first-order chi connectivity index (χ1) is 8.58. The van der Waals surface area contributed by atoms with E-state index in [1.54, 1.807) is 30.1 Å². The molecule has 0 atom stereocenters. The molecule has 18 heavy (non-hydrogen) atoms. The Morgan fingerprint density at radius 3 is 2.94 bits per heavy atom. The number of hydrogen-bond acceptors (Lipinski definition) is 3. The number of rotatable bonds is 3. The van der Waals surface area contributed by atoms with E-state index in [4.69, 9.17) is 11.6 Å². The molecule has 0 aliphatic carbocycles. The first kappa shape index (κ1) is 13.0. The summed E-state index contributed by atoms with van der Waals surface area (Å²) in [7, 11) is 1.70. The Bertz CT molecular complexity index is 558. The van der Waals surface area contributed by atoms with E-state index in [1.165, 1.54) is 6.33 Å². The molecule has 0 aliphatic rings. The van der Waals surface area contributed by atoms with Gasteiger partial charge in [-0.2, -0.15) is 5.10 Å². The van der Waals surface area contributed by atoms with Crippen molar-refractivity contribution in [2.75, 3.05) is 7.05 Å². The third kappa shape index (κ3) is 2.88. The van der Waals surface area contributed by atoms with Crippen LogP contribution in [0.1, 0.15) is 16.2 Å². The highest BCUT2D eigenvalue weighted by Gasteiger charge is 2.14. The first-order valence-electron chi connectivity index (χ1n) is 5.12. The van der Waals surface area contributed by atoms with Crippen molar-refractivity contribution in [2.24, 2.45) is 0 Å². The number of amides is 1. The maximum Gasteiger partial charge on any atom is 0.254 e. The van der Waals surface area contributed by atoms with E-state index in [1.807, 2.05) is 0 Å². The normalized spacial score (nSPS) is 10.4. The van der Waals surface area contributed by atoms with Crippen LogP contribution in [-0.2, 0) is 6.54 Å². The van der Waals surface area contributed by atoms with Gasteiger partial charge in [0.2, 0.25) is 0 Å². The van der Waals surface area contributed by atoms with Crippen LogP contribution in [0.4, 0.5) is 0 Å². The van der Waals surface area contributed by atoms with Crippen molar-refractivity contribution in [3.05, 3.63) is 45.4 Å². The monoisotopic (exact) mass is 328 g/mol. The highest BCUT2D eigenvalue weighted by molar-refractivity contribution is 9.10. The van der Waals surface area contributed by atoms with E-state index in [2.05, 4.69) is 31.1 Å². The van der Waals surface area contributed by atoms with Crippen LogP contribution < -0.4 is 0 Å². The highest BCUT2D eigenvalue weighted by atomic mass is 79.9. The summed E-state index contributed by atoms with van der Waals surface area (Å²) >= 11 is 9.24. The van der Waals surface area contributed by atoms with Gasteiger partial charge in [-0.1, -0.05) is 11.6 Å². The minimum absolute atomic E-state index is 0.124. The number of aromatic nitrogens is 3. The predicted octanol–water partition coefficient (Wildman–Crippen LogP) is 2.49. The zero-order chi connectivity index (χ0) is 13.1. The van der Waals surface area contributed by atoms with E-state index in [0.717, 1.165) is 4.47 Å². The Labute approximate surface area is 117 Å². The third-order valence-electron chi connectivity index (χ3n) is 2.37. The van der Waals surface area contributed by atoms with Crippen LogP contribution >= 0.6 is 27.5 Å². The lowest BCUT2D eigenvalue weighted by Gasteiger charge is -2.15. The molecule has 0 saturated carbocycles. The van der Waals surface area contributed by atoms with Crippen LogP contribution in [0.25, 0.3) is 0 Å². The predicted molar refractivity (Wildman–Crippen MR) is 71.3 cm³/mol. The molecule has 1 heterocycles. The molecule has 94 valence electrons. The summed E-state index contributed by atoms with van der Waals surface area (Å²) in [5.74, 6) is 0.509. The number of nitrogens with zero attached hydrogens (tertiary/aromatic N) is 3. The summed E-state index contributed by atoms with van der Waals surface area (Å²) in [5, 5.41) is 6.95. The van der Waals surface area contributed by atoms with Crippen molar-refractivity contribution >= 4 is 33.4 Å². The van der Waals surface area contributed by atoms with Gasteiger partial charge in [-0.25, -0.2) is 4.98 Å². The zero-order valence-electron chi connectivity index (χ0n) is 9.52. The smallest absolute Gasteiger partial charge is 0.254 e. The molecular formula is C11H10BrClN4O. The van der Waals surface area contributed by atoms with Gasteiger partial charge in [0.05, 0.1) is 11.6 Å². The topological polar surface area (TPSA) is 61.9 Å². The Balaban J connectivity index is 2.12. The molecule has 2 aromatic rings.